The third kappa shape index (κ3) is 8.68. The van der Waals surface area contributed by atoms with Crippen molar-refractivity contribution in [2.75, 3.05) is 24.5 Å². The van der Waals surface area contributed by atoms with Gasteiger partial charge < -0.3 is 29.2 Å². The highest BCUT2D eigenvalue weighted by atomic mass is 16.5. The number of rotatable bonds is 11. The molecule has 0 saturated carbocycles. The van der Waals surface area contributed by atoms with Crippen LogP contribution in [0.4, 0.5) is 85.3 Å². The SMILES string of the molecule is Cc1ccc(N(c2ccc(C)cc2)c2cc3c4c(c2)N(c2ccc(C)cc2)c2cc(N(c5ccc(C)cc5)c5ccc(C)cc5)cc5c2B4c2c(cc(N(c4ccc(C)cc4)c4ccc(C)cc4)cc2N5c2ccc(C)cc2)O3)cc1. The van der Waals surface area contributed by atoms with E-state index in [9.17, 15) is 0 Å². The van der Waals surface area contributed by atoms with E-state index in [4.69, 9.17) is 4.74 Å². The maximum atomic E-state index is 7.74. The van der Waals surface area contributed by atoms with Crippen molar-refractivity contribution in [3.63, 3.8) is 0 Å². The van der Waals surface area contributed by atoms with E-state index < -0.39 is 0 Å². The topological polar surface area (TPSA) is 25.4 Å². The lowest BCUT2D eigenvalue weighted by atomic mass is 9.32. The van der Waals surface area contributed by atoms with Gasteiger partial charge in [0.05, 0.1) is 17.1 Å². The van der Waals surface area contributed by atoms with Crippen LogP contribution >= 0.6 is 0 Å². The molecule has 11 aromatic rings. The van der Waals surface area contributed by atoms with Crippen LogP contribution in [0.1, 0.15) is 44.5 Å². The summed E-state index contributed by atoms with van der Waals surface area (Å²) in [5.74, 6) is 1.65. The van der Waals surface area contributed by atoms with Gasteiger partial charge in [0.1, 0.15) is 11.5 Å². The van der Waals surface area contributed by atoms with Crippen LogP contribution in [-0.4, -0.2) is 6.71 Å². The molecule has 0 N–H and O–H groups in total. The average Bonchev–Trinajstić information content (AvgIpc) is 2.51. The summed E-state index contributed by atoms with van der Waals surface area (Å²) in [6.45, 7) is 17.1. The van der Waals surface area contributed by atoms with Crippen molar-refractivity contribution in [1.29, 1.82) is 0 Å². The maximum Gasteiger partial charge on any atom is 0.261 e. The minimum atomic E-state index is -0.203. The predicted octanol–water partition coefficient (Wildman–Crippen LogP) is 18.8. The summed E-state index contributed by atoms with van der Waals surface area (Å²) >= 11 is 0. The summed E-state index contributed by atoms with van der Waals surface area (Å²) in [4.78, 5) is 12.2. The predicted molar refractivity (Wildman–Crippen MR) is 342 cm³/mol. The van der Waals surface area contributed by atoms with Crippen LogP contribution in [0.2, 0.25) is 0 Å². The van der Waals surface area contributed by atoms with Gasteiger partial charge in [-0.05, 0) is 193 Å². The van der Waals surface area contributed by atoms with E-state index in [-0.39, 0.29) is 6.71 Å². The van der Waals surface area contributed by atoms with Crippen molar-refractivity contribution < 1.29 is 4.74 Å². The van der Waals surface area contributed by atoms with Crippen LogP contribution in [0.25, 0.3) is 0 Å². The molecule has 3 aliphatic heterocycles. The summed E-state index contributed by atoms with van der Waals surface area (Å²) in [6.07, 6.45) is 0. The first-order valence-corrected chi connectivity index (χ1v) is 28.2. The number of benzene rings is 11. The Hall–Kier alpha value is -9.72. The first-order chi connectivity index (χ1) is 39.4. The minimum Gasteiger partial charge on any atom is -0.458 e. The number of aryl methyl sites for hydroxylation is 8. The van der Waals surface area contributed by atoms with Crippen LogP contribution < -0.4 is 45.6 Å². The number of hydrogen-bond donors (Lipinski definition) is 0. The van der Waals surface area contributed by atoms with E-state index in [0.29, 0.717) is 0 Å². The number of hydrogen-bond acceptors (Lipinski definition) is 6. The molecule has 0 atom stereocenters. The Kier molecular flexibility index (Phi) is 12.0. The molecule has 0 spiro atoms. The zero-order valence-electron chi connectivity index (χ0n) is 47.2. The third-order valence-corrected chi connectivity index (χ3v) is 16.5. The van der Waals surface area contributed by atoms with Crippen molar-refractivity contribution in [3.05, 3.63) is 275 Å². The second kappa shape index (κ2) is 19.6. The molecule has 6 nitrogen and oxygen atoms in total. The number of ether oxygens (including phenoxy) is 1. The molecule has 3 aliphatic rings. The summed E-state index contributed by atoms with van der Waals surface area (Å²) in [5, 5.41) is 0. The first-order valence-electron chi connectivity index (χ1n) is 28.2. The summed E-state index contributed by atoms with van der Waals surface area (Å²) in [7, 11) is 0. The smallest absolute Gasteiger partial charge is 0.261 e. The molecule has 0 saturated heterocycles. The third-order valence-electron chi connectivity index (χ3n) is 16.5. The van der Waals surface area contributed by atoms with Gasteiger partial charge in [0.2, 0.25) is 0 Å². The molecule has 3 heterocycles. The van der Waals surface area contributed by atoms with Gasteiger partial charge >= 0.3 is 0 Å². The zero-order valence-corrected chi connectivity index (χ0v) is 47.2. The Morgan fingerprint density at radius 2 is 0.457 bits per heavy atom. The molecule has 11 aromatic carbocycles. The molecule has 0 aliphatic carbocycles. The monoisotopic (exact) mass is 1050 g/mol. The fourth-order valence-electron chi connectivity index (χ4n) is 12.2. The molecule has 0 radical (unpaired) electrons. The van der Waals surface area contributed by atoms with Crippen LogP contribution in [-0.2, 0) is 0 Å². The van der Waals surface area contributed by atoms with Gasteiger partial charge in [-0.25, -0.2) is 0 Å². The lowest BCUT2D eigenvalue weighted by Gasteiger charge is -2.47. The highest BCUT2D eigenvalue weighted by molar-refractivity contribution is 7.01. The molecule has 0 bridgehead atoms. The van der Waals surface area contributed by atoms with Gasteiger partial charge in [-0.3, -0.25) is 0 Å². The fourth-order valence-corrected chi connectivity index (χ4v) is 12.2. The Bertz CT molecular complexity index is 3840. The van der Waals surface area contributed by atoms with Gasteiger partial charge in [-0.2, -0.15) is 0 Å². The molecule has 392 valence electrons. The molecule has 0 fully saturated rings. The molecule has 7 heteroatoms. The molecule has 0 amide bonds. The van der Waals surface area contributed by atoms with E-state index in [1.807, 2.05) is 0 Å². The lowest BCUT2D eigenvalue weighted by molar-refractivity contribution is 0.488. The molecule has 81 heavy (non-hydrogen) atoms. The average molecular weight is 1050 g/mol. The van der Waals surface area contributed by atoms with Crippen LogP contribution in [0.15, 0.2) is 231 Å². The normalized spacial score (nSPS) is 12.5. The Morgan fingerprint density at radius 3 is 0.704 bits per heavy atom. The fraction of sp³-hybridized carbons (Fsp3) is 0.108. The van der Waals surface area contributed by atoms with Gasteiger partial charge in [0, 0.05) is 80.4 Å². The first kappa shape index (κ1) is 49.6. The standard InChI is InChI=1S/C74H62BN5O/c1-47-9-25-55(26-10-47)76(56-27-11-48(2)12-28-56)63-41-66-72-67(42-63)80(62-39-23-54(8)24-40-62)69-44-65(78(59-33-17-51(5)18-34-59)60-35-19-52(6)20-36-60)46-71-74(69)75(72)73-68(79(66)61-37-21-53(7)22-38-61)43-64(45-70(73)81-71)77(57-29-13-49(3)14-30-57)58-31-15-50(4)16-32-58/h9-46H,1-8H3. The zero-order chi connectivity index (χ0) is 55.2. The van der Waals surface area contributed by atoms with Crippen molar-refractivity contribution >= 4 is 108 Å². The van der Waals surface area contributed by atoms with Crippen LogP contribution in [0.5, 0.6) is 11.5 Å². The second-order valence-corrected chi connectivity index (χ2v) is 22.5. The van der Waals surface area contributed by atoms with Crippen LogP contribution in [0.3, 0.4) is 0 Å². The summed E-state index contributed by atoms with van der Waals surface area (Å²) in [5.41, 5.74) is 29.0. The minimum absolute atomic E-state index is 0.203. The van der Waals surface area contributed by atoms with Crippen LogP contribution in [0, 0.1) is 55.4 Å². The molecule has 0 aromatic heterocycles. The number of anilines is 15. The Morgan fingerprint density at radius 1 is 0.247 bits per heavy atom. The van der Waals surface area contributed by atoms with Gasteiger partial charge in [0.15, 0.2) is 0 Å². The van der Waals surface area contributed by atoms with Crippen molar-refractivity contribution in [3.8, 4) is 11.5 Å². The highest BCUT2D eigenvalue weighted by Crippen LogP contribution is 2.54. The lowest BCUT2D eigenvalue weighted by Crippen LogP contribution is -2.63. The van der Waals surface area contributed by atoms with E-state index in [0.717, 1.165) is 108 Å². The van der Waals surface area contributed by atoms with Gasteiger partial charge in [0.25, 0.3) is 6.71 Å². The maximum absolute atomic E-state index is 7.74. The quantitative estimate of drug-likeness (QED) is 0.120. The molecular formula is C74H62BN5O. The van der Waals surface area contributed by atoms with Crippen molar-refractivity contribution in [2.24, 2.45) is 0 Å². The Labute approximate surface area is 477 Å². The molecular weight excluding hydrogens is 986 g/mol. The van der Waals surface area contributed by atoms with E-state index >= 15 is 0 Å². The highest BCUT2D eigenvalue weighted by Gasteiger charge is 2.50. The second-order valence-electron chi connectivity index (χ2n) is 22.5. The van der Waals surface area contributed by atoms with E-state index in [1.54, 1.807) is 0 Å². The van der Waals surface area contributed by atoms with Gasteiger partial charge in [-0.15, -0.1) is 0 Å². The molecule has 0 unspecified atom stereocenters. The summed E-state index contributed by atoms with van der Waals surface area (Å²) in [6, 6.07) is 85.8. The van der Waals surface area contributed by atoms with Crippen molar-refractivity contribution in [1.82, 2.24) is 0 Å². The number of nitrogens with zero attached hydrogens (tertiary/aromatic N) is 5. The summed E-state index contributed by atoms with van der Waals surface area (Å²) < 4.78 is 7.74. The molecule has 14 rings (SSSR count). The van der Waals surface area contributed by atoms with Crippen molar-refractivity contribution in [2.45, 2.75) is 55.4 Å². The van der Waals surface area contributed by atoms with E-state index in [2.05, 4.69) is 310 Å². The van der Waals surface area contributed by atoms with E-state index in [1.165, 1.54) is 50.0 Å². The Balaban J connectivity index is 1.12. The largest absolute Gasteiger partial charge is 0.458 e. The van der Waals surface area contributed by atoms with Gasteiger partial charge in [-0.1, -0.05) is 142 Å².